The van der Waals surface area contributed by atoms with Crippen LogP contribution in [0.5, 0.6) is 5.75 Å². The molecule has 3 aromatic carbocycles. The molecule has 0 aliphatic heterocycles. The minimum atomic E-state index is -0.290. The molecular weight excluding hydrogens is 352 g/mol. The number of hydrogen-bond acceptors (Lipinski definition) is 2. The van der Waals surface area contributed by atoms with Gasteiger partial charge in [-0.15, -0.1) is 0 Å². The minimum absolute atomic E-state index is 0.127. The van der Waals surface area contributed by atoms with Gasteiger partial charge in [-0.05, 0) is 57.2 Å². The molecule has 1 aromatic heterocycles. The zero-order valence-corrected chi connectivity index (χ0v) is 16.5. The Morgan fingerprint density at radius 1 is 0.741 bits per heavy atom. The molecule has 0 atom stereocenters. The molecule has 0 N–H and O–H groups in total. The Bertz CT molecular complexity index is 1120. The molecule has 0 radical (unpaired) electrons. The average Bonchev–Trinajstić information content (AvgIpc) is 3.02. The van der Waals surface area contributed by atoms with Gasteiger partial charge in [-0.2, -0.15) is 0 Å². The number of carbonyl (C=O) groups excluding carboxylic acids is 1. The molecule has 1 heterocycles. The molecule has 0 bridgehead atoms. The van der Waals surface area contributed by atoms with Gasteiger partial charge in [0.25, 0.3) is 0 Å². The van der Waals surface area contributed by atoms with E-state index in [-0.39, 0.29) is 16.4 Å². The van der Waals surface area contributed by atoms with Crippen molar-refractivity contribution in [2.75, 3.05) is 0 Å². The Hall–Kier alpha value is -2.91. The lowest BCUT2D eigenvalue weighted by atomic mass is 10.2. The molecule has 4 rings (SSSR count). The summed E-state index contributed by atoms with van der Waals surface area (Å²) in [5, 5.41) is 2.62. The van der Waals surface area contributed by atoms with E-state index < -0.39 is 0 Å². The van der Waals surface area contributed by atoms with Crippen LogP contribution in [0.3, 0.4) is 0 Å². The normalized spacial score (nSPS) is 10.9. The van der Waals surface area contributed by atoms with Gasteiger partial charge >= 0.3 is 5.97 Å². The fraction of sp³-hybridized carbons (Fsp3) is 0.125. The molecule has 0 saturated heterocycles. The summed E-state index contributed by atoms with van der Waals surface area (Å²) in [6.07, 6.45) is 0. The second-order valence-corrected chi connectivity index (χ2v) is 8.75. The van der Waals surface area contributed by atoms with Crippen molar-refractivity contribution in [1.82, 2.24) is 0 Å². The largest absolute Gasteiger partial charge is 0.423 e. The van der Waals surface area contributed by atoms with Gasteiger partial charge in [0, 0.05) is 38.9 Å². The molecule has 27 heavy (non-hydrogen) atoms. The number of esters is 1. The van der Waals surface area contributed by atoms with E-state index in [1.165, 1.54) is 25.1 Å². The first-order valence-electron chi connectivity index (χ1n) is 8.95. The molecular formula is C24H21O2S+. The van der Waals surface area contributed by atoms with Crippen LogP contribution in [0.15, 0.2) is 83.9 Å². The van der Waals surface area contributed by atoms with Crippen molar-refractivity contribution < 1.29 is 9.53 Å². The summed E-state index contributed by atoms with van der Waals surface area (Å²) >= 11 is 0. The lowest BCUT2D eigenvalue weighted by molar-refractivity contribution is -0.130. The van der Waals surface area contributed by atoms with Crippen molar-refractivity contribution in [3.63, 3.8) is 0 Å². The van der Waals surface area contributed by atoms with Crippen LogP contribution in [0.1, 0.15) is 20.8 Å². The molecule has 0 saturated carbocycles. The highest BCUT2D eigenvalue weighted by molar-refractivity contribution is 7.50. The average molecular weight is 373 g/mol. The number of rotatable bonds is 3. The van der Waals surface area contributed by atoms with Gasteiger partial charge in [0.2, 0.25) is 0 Å². The first kappa shape index (κ1) is 17.5. The zero-order valence-electron chi connectivity index (χ0n) is 15.7. The molecule has 3 heteroatoms. The number of ether oxygens (including phenoxy) is 1. The monoisotopic (exact) mass is 373 g/mol. The molecule has 0 aliphatic rings. The smallest absolute Gasteiger partial charge is 0.339 e. The summed E-state index contributed by atoms with van der Waals surface area (Å²) in [4.78, 5) is 13.4. The van der Waals surface area contributed by atoms with Crippen LogP contribution in [-0.4, -0.2) is 5.97 Å². The van der Waals surface area contributed by atoms with E-state index in [2.05, 4.69) is 60.7 Å². The third kappa shape index (κ3) is 3.15. The highest BCUT2D eigenvalue weighted by atomic mass is 32.2. The molecule has 0 aliphatic carbocycles. The minimum Gasteiger partial charge on any atom is -0.423 e. The lowest BCUT2D eigenvalue weighted by Gasteiger charge is -2.05. The number of benzene rings is 3. The van der Waals surface area contributed by atoms with Gasteiger partial charge in [0.05, 0.1) is 0 Å². The molecule has 0 spiro atoms. The van der Waals surface area contributed by atoms with Crippen molar-refractivity contribution in [3.8, 4) is 10.6 Å². The first-order chi connectivity index (χ1) is 13.1. The Balaban J connectivity index is 1.76. The Morgan fingerprint density at radius 3 is 1.78 bits per heavy atom. The zero-order chi connectivity index (χ0) is 19.0. The molecule has 0 fully saturated rings. The van der Waals surface area contributed by atoms with Gasteiger partial charge < -0.3 is 4.74 Å². The van der Waals surface area contributed by atoms with Crippen LogP contribution in [0.2, 0.25) is 0 Å². The second kappa shape index (κ2) is 7.01. The second-order valence-electron chi connectivity index (χ2n) is 6.78. The van der Waals surface area contributed by atoms with Crippen LogP contribution in [0.4, 0.5) is 0 Å². The van der Waals surface area contributed by atoms with E-state index in [0.717, 1.165) is 5.57 Å². The summed E-state index contributed by atoms with van der Waals surface area (Å²) in [5.41, 5.74) is 1.62. The number of allylic oxidation sites excluding steroid dienone is 1. The summed E-state index contributed by atoms with van der Waals surface area (Å²) in [5.74, 6) is 0.287. The van der Waals surface area contributed by atoms with Crippen LogP contribution >= 0.6 is 10.5 Å². The van der Waals surface area contributed by atoms with Crippen LogP contribution < -0.4 is 4.74 Å². The number of carbonyl (C=O) groups is 1. The predicted octanol–water partition coefficient (Wildman–Crippen LogP) is 6.99. The van der Waals surface area contributed by atoms with E-state index in [1.54, 1.807) is 6.92 Å². The van der Waals surface area contributed by atoms with Crippen LogP contribution in [0.25, 0.3) is 25.1 Å². The molecule has 2 nitrogen and oxygen atoms in total. The van der Waals surface area contributed by atoms with Gasteiger partial charge in [0.1, 0.15) is 5.75 Å². The van der Waals surface area contributed by atoms with Crippen molar-refractivity contribution in [2.24, 2.45) is 0 Å². The first-order valence-corrected chi connectivity index (χ1v) is 10.2. The summed E-state index contributed by atoms with van der Waals surface area (Å²) in [6.45, 7) is 5.62. The van der Waals surface area contributed by atoms with Gasteiger partial charge in [-0.1, -0.05) is 29.8 Å². The van der Waals surface area contributed by atoms with E-state index >= 15 is 0 Å². The third-order valence-electron chi connectivity index (χ3n) is 4.83. The van der Waals surface area contributed by atoms with Crippen molar-refractivity contribution >= 4 is 36.6 Å². The quantitative estimate of drug-likeness (QED) is 0.167. The van der Waals surface area contributed by atoms with Crippen molar-refractivity contribution in [2.45, 2.75) is 20.8 Å². The van der Waals surface area contributed by atoms with Crippen LogP contribution in [0, 0.1) is 0 Å². The summed E-state index contributed by atoms with van der Waals surface area (Å²) < 4.78 is 8.20. The Labute approximate surface area is 161 Å². The van der Waals surface area contributed by atoms with E-state index in [1.807, 2.05) is 26.0 Å². The maximum atomic E-state index is 12.1. The van der Waals surface area contributed by atoms with Crippen molar-refractivity contribution in [1.29, 1.82) is 0 Å². The van der Waals surface area contributed by atoms with Gasteiger partial charge in [0.15, 0.2) is 14.3 Å². The molecule has 0 amide bonds. The van der Waals surface area contributed by atoms with Gasteiger partial charge in [-0.3, -0.25) is 0 Å². The number of fused-ring (bicyclic) bond motifs is 3. The predicted molar refractivity (Wildman–Crippen MR) is 115 cm³/mol. The Kier molecular flexibility index (Phi) is 4.54. The summed E-state index contributed by atoms with van der Waals surface area (Å²) in [7, 11) is -0.127. The van der Waals surface area contributed by atoms with Crippen molar-refractivity contribution in [3.05, 3.63) is 83.9 Å². The summed E-state index contributed by atoms with van der Waals surface area (Å²) in [6, 6.07) is 25.1. The highest BCUT2D eigenvalue weighted by Gasteiger charge is 2.23. The number of thiophene rings is 1. The standard InChI is InChI=1S/C24H21O2S/c1-16(2)17(3)24(25)26-18-12-14-19(15-13-18)27-22-10-6-4-8-20(22)21-9-5-7-11-23(21)27/h4-15H,1-3H3/q+1. The topological polar surface area (TPSA) is 26.3 Å². The highest BCUT2D eigenvalue weighted by Crippen LogP contribution is 2.48. The van der Waals surface area contributed by atoms with E-state index in [9.17, 15) is 4.79 Å². The van der Waals surface area contributed by atoms with E-state index in [4.69, 9.17) is 4.74 Å². The SMILES string of the molecule is CC(C)=C(C)C(=O)Oc1ccc(-[s+]2c3ccccc3c3ccccc32)cc1. The maximum Gasteiger partial charge on any atom is 0.339 e. The maximum absolute atomic E-state index is 12.1. The van der Waals surface area contributed by atoms with E-state index in [0.29, 0.717) is 11.3 Å². The molecule has 0 unspecified atom stereocenters. The fourth-order valence-electron chi connectivity index (χ4n) is 3.14. The van der Waals surface area contributed by atoms with Gasteiger partial charge in [-0.25, -0.2) is 4.79 Å². The fourth-order valence-corrected chi connectivity index (χ4v) is 5.52. The third-order valence-corrected chi connectivity index (χ3v) is 7.17. The Morgan fingerprint density at radius 2 is 1.26 bits per heavy atom. The lowest BCUT2D eigenvalue weighted by Crippen LogP contribution is -2.10. The van der Waals surface area contributed by atoms with Crippen LogP contribution in [-0.2, 0) is 4.79 Å². The molecule has 4 aromatic rings. The molecule has 134 valence electrons. The number of hydrogen-bond donors (Lipinski definition) is 0.